The van der Waals surface area contributed by atoms with Gasteiger partial charge in [0.25, 0.3) is 5.91 Å². The summed E-state index contributed by atoms with van der Waals surface area (Å²) in [5.41, 5.74) is 2.40. The summed E-state index contributed by atoms with van der Waals surface area (Å²) in [5.74, 6) is 0.217. The van der Waals surface area contributed by atoms with Crippen LogP contribution in [0.15, 0.2) is 54.6 Å². The zero-order chi connectivity index (χ0) is 29.4. The molecule has 4 rings (SSSR count). The Balaban J connectivity index is 1.65. The third kappa shape index (κ3) is 7.74. The van der Waals surface area contributed by atoms with Gasteiger partial charge in [-0.05, 0) is 54.7 Å². The summed E-state index contributed by atoms with van der Waals surface area (Å²) in [7, 11) is 3.19. The summed E-state index contributed by atoms with van der Waals surface area (Å²) >= 11 is 0. The fourth-order valence-electron chi connectivity index (χ4n) is 4.93. The number of aromatic nitrogens is 2. The number of rotatable bonds is 12. The minimum Gasteiger partial charge on any atom is -0.496 e. The van der Waals surface area contributed by atoms with Gasteiger partial charge in [-0.2, -0.15) is 5.10 Å². The molecule has 9 heteroatoms. The molecule has 1 heterocycles. The van der Waals surface area contributed by atoms with Crippen molar-refractivity contribution in [3.63, 3.8) is 0 Å². The molecule has 1 aromatic heterocycles. The molecule has 3 aromatic rings. The van der Waals surface area contributed by atoms with Crippen LogP contribution in [0.1, 0.15) is 68.0 Å². The zero-order valence-electron chi connectivity index (χ0n) is 24.1. The van der Waals surface area contributed by atoms with Gasteiger partial charge >= 0.3 is 5.97 Å². The molecular formula is C32H38FN3O5. The third-order valence-corrected chi connectivity index (χ3v) is 6.99. The molecule has 1 atom stereocenters. The van der Waals surface area contributed by atoms with E-state index in [1.165, 1.54) is 12.1 Å². The predicted molar refractivity (Wildman–Crippen MR) is 155 cm³/mol. The molecule has 0 saturated heterocycles. The second-order valence-electron chi connectivity index (χ2n) is 10.6. The van der Waals surface area contributed by atoms with Gasteiger partial charge in [0.05, 0.1) is 50.6 Å². The van der Waals surface area contributed by atoms with Crippen molar-refractivity contribution in [3.8, 4) is 22.8 Å². The van der Waals surface area contributed by atoms with Gasteiger partial charge in [-0.25, -0.2) is 4.39 Å². The van der Waals surface area contributed by atoms with Gasteiger partial charge in [-0.15, -0.1) is 0 Å². The number of hydrogen-bond donors (Lipinski definition) is 1. The zero-order valence-corrected chi connectivity index (χ0v) is 24.1. The average molecular weight is 564 g/mol. The van der Waals surface area contributed by atoms with Crippen molar-refractivity contribution in [1.29, 1.82) is 0 Å². The molecule has 0 unspecified atom stereocenters. The van der Waals surface area contributed by atoms with Gasteiger partial charge in [0.2, 0.25) is 0 Å². The van der Waals surface area contributed by atoms with E-state index >= 15 is 0 Å². The second-order valence-corrected chi connectivity index (χ2v) is 10.6. The van der Waals surface area contributed by atoms with Crippen molar-refractivity contribution < 1.29 is 28.2 Å². The summed E-state index contributed by atoms with van der Waals surface area (Å²) in [6.07, 6.45) is 7.47. The van der Waals surface area contributed by atoms with E-state index in [2.05, 4.69) is 5.32 Å². The number of hydrogen-bond acceptors (Lipinski definition) is 6. The molecule has 41 heavy (non-hydrogen) atoms. The van der Waals surface area contributed by atoms with Crippen LogP contribution in [-0.2, 0) is 9.53 Å². The van der Waals surface area contributed by atoms with Crippen LogP contribution in [0.5, 0.6) is 11.5 Å². The molecule has 2 aromatic carbocycles. The number of halogens is 1. The Morgan fingerprint density at radius 2 is 1.73 bits per heavy atom. The molecule has 1 amide bonds. The summed E-state index contributed by atoms with van der Waals surface area (Å²) in [4.78, 5) is 26.2. The maximum Gasteiger partial charge on any atom is 0.308 e. The highest BCUT2D eigenvalue weighted by Crippen LogP contribution is 2.41. The molecule has 1 aliphatic carbocycles. The standard InChI is InChI=1S/C32H38FN3O5/c1-21(2)20-41-30(37)18-24(17-14-22-12-15-23(33)16-13-22)34-32(38)26-19-27(36(35-26)25-8-5-6-9-25)31-28(39-3)10-7-11-29(31)40-4/h7,10-17,19,21,24-25H,5-6,8-9,18,20H2,1-4H3,(H,34,38)/b17-14+/t24-/m0/s1. The number of ether oxygens (including phenoxy) is 3. The fraction of sp³-hybridized carbons (Fsp3) is 0.406. The van der Waals surface area contributed by atoms with E-state index in [1.807, 2.05) is 36.7 Å². The van der Waals surface area contributed by atoms with E-state index in [4.69, 9.17) is 19.3 Å². The van der Waals surface area contributed by atoms with Gasteiger partial charge in [-0.3, -0.25) is 14.3 Å². The number of benzene rings is 2. The maximum absolute atomic E-state index is 13.6. The molecule has 0 bridgehead atoms. The minimum atomic E-state index is -0.673. The van der Waals surface area contributed by atoms with E-state index in [1.54, 1.807) is 44.6 Å². The van der Waals surface area contributed by atoms with Crippen molar-refractivity contribution in [1.82, 2.24) is 15.1 Å². The molecule has 0 radical (unpaired) electrons. The molecule has 1 aliphatic rings. The van der Waals surface area contributed by atoms with Crippen LogP contribution in [0.25, 0.3) is 17.3 Å². The Kier molecular flexibility index (Phi) is 10.2. The lowest BCUT2D eigenvalue weighted by Gasteiger charge is -2.18. The van der Waals surface area contributed by atoms with Crippen LogP contribution in [0, 0.1) is 11.7 Å². The normalized spacial score (nSPS) is 14.4. The monoisotopic (exact) mass is 563 g/mol. The number of carbonyl (C=O) groups excluding carboxylic acids is 2. The quantitative estimate of drug-likeness (QED) is 0.263. The highest BCUT2D eigenvalue weighted by molar-refractivity contribution is 5.94. The van der Waals surface area contributed by atoms with Gasteiger partial charge in [-0.1, -0.05) is 57.0 Å². The Morgan fingerprint density at radius 3 is 2.34 bits per heavy atom. The average Bonchev–Trinajstić information content (AvgIpc) is 3.65. The second kappa shape index (κ2) is 14.0. The number of carbonyl (C=O) groups is 2. The van der Waals surface area contributed by atoms with Crippen LogP contribution in [0.2, 0.25) is 0 Å². The van der Waals surface area contributed by atoms with Crippen LogP contribution in [-0.4, -0.2) is 48.5 Å². The van der Waals surface area contributed by atoms with Crippen LogP contribution in [0.4, 0.5) is 4.39 Å². The highest BCUT2D eigenvalue weighted by atomic mass is 19.1. The summed E-state index contributed by atoms with van der Waals surface area (Å²) in [6.45, 7) is 4.20. The third-order valence-electron chi connectivity index (χ3n) is 6.99. The molecule has 1 saturated carbocycles. The smallest absolute Gasteiger partial charge is 0.308 e. The lowest BCUT2D eigenvalue weighted by molar-refractivity contribution is -0.144. The first-order valence-corrected chi connectivity index (χ1v) is 14.0. The number of amides is 1. The first-order chi connectivity index (χ1) is 19.8. The van der Waals surface area contributed by atoms with Gasteiger partial charge in [0.1, 0.15) is 17.3 Å². The largest absolute Gasteiger partial charge is 0.496 e. The molecule has 0 spiro atoms. The SMILES string of the molecule is COc1cccc(OC)c1-c1cc(C(=O)N[C@@H](/C=C/c2ccc(F)cc2)CC(=O)OCC(C)C)nn1C1CCCC1. The number of methoxy groups -OCH3 is 2. The number of nitrogens with one attached hydrogen (secondary N) is 1. The van der Waals surface area contributed by atoms with E-state index in [0.29, 0.717) is 11.5 Å². The van der Waals surface area contributed by atoms with Crippen molar-refractivity contribution in [2.75, 3.05) is 20.8 Å². The lowest BCUT2D eigenvalue weighted by Crippen LogP contribution is -2.36. The van der Waals surface area contributed by atoms with Gasteiger partial charge < -0.3 is 19.5 Å². The number of nitrogens with zero attached hydrogens (tertiary/aromatic N) is 2. The van der Waals surface area contributed by atoms with E-state index in [-0.39, 0.29) is 36.5 Å². The predicted octanol–water partition coefficient (Wildman–Crippen LogP) is 6.22. The first-order valence-electron chi connectivity index (χ1n) is 14.0. The van der Waals surface area contributed by atoms with Crippen LogP contribution < -0.4 is 14.8 Å². The van der Waals surface area contributed by atoms with Gasteiger partial charge in [0, 0.05) is 0 Å². The van der Waals surface area contributed by atoms with Crippen molar-refractivity contribution in [3.05, 3.63) is 71.7 Å². The van der Waals surface area contributed by atoms with Crippen LogP contribution in [0.3, 0.4) is 0 Å². The molecule has 0 aliphatic heterocycles. The lowest BCUT2D eigenvalue weighted by atomic mass is 10.1. The number of esters is 1. The van der Waals surface area contributed by atoms with Crippen molar-refractivity contribution >= 4 is 18.0 Å². The van der Waals surface area contributed by atoms with E-state index < -0.39 is 17.9 Å². The summed E-state index contributed by atoms with van der Waals surface area (Å²) in [5, 5.41) is 7.68. The van der Waals surface area contributed by atoms with Gasteiger partial charge in [0.15, 0.2) is 5.69 Å². The Labute approximate surface area is 240 Å². The molecular weight excluding hydrogens is 525 g/mol. The maximum atomic E-state index is 13.6. The molecule has 218 valence electrons. The van der Waals surface area contributed by atoms with E-state index in [0.717, 1.165) is 42.5 Å². The molecule has 1 N–H and O–H groups in total. The van der Waals surface area contributed by atoms with E-state index in [9.17, 15) is 14.0 Å². The Bertz CT molecular complexity index is 1340. The fourth-order valence-corrected chi connectivity index (χ4v) is 4.93. The molecule has 8 nitrogen and oxygen atoms in total. The molecule has 1 fully saturated rings. The summed E-state index contributed by atoms with van der Waals surface area (Å²) < 4.78 is 31.9. The van der Waals surface area contributed by atoms with Crippen LogP contribution >= 0.6 is 0 Å². The first kappa shape index (κ1) is 29.8. The summed E-state index contributed by atoms with van der Waals surface area (Å²) in [6, 6.07) is 12.7. The van der Waals surface area contributed by atoms with Crippen molar-refractivity contribution in [2.24, 2.45) is 5.92 Å². The minimum absolute atomic E-state index is 0.0628. The topological polar surface area (TPSA) is 91.7 Å². The highest BCUT2D eigenvalue weighted by Gasteiger charge is 2.28. The Hall–Kier alpha value is -4.14. The van der Waals surface area contributed by atoms with Crippen molar-refractivity contribution in [2.45, 2.75) is 58.0 Å². The Morgan fingerprint density at radius 1 is 1.07 bits per heavy atom.